The molecule has 108 valence electrons. The summed E-state index contributed by atoms with van der Waals surface area (Å²) >= 11 is 3.13. The summed E-state index contributed by atoms with van der Waals surface area (Å²) in [5, 5.41) is 11.4. The minimum atomic E-state index is -1.95. The van der Waals surface area contributed by atoms with Crippen LogP contribution in [0.15, 0.2) is 35.3 Å². The lowest BCUT2D eigenvalue weighted by Gasteiger charge is -2.26. The molecule has 7 heteroatoms. The van der Waals surface area contributed by atoms with E-state index in [0.29, 0.717) is 4.47 Å². The topological polar surface area (TPSA) is 75.6 Å². The smallest absolute Gasteiger partial charge is 0.408 e. The molecule has 1 rings (SSSR count). The molecule has 0 saturated heterocycles. The van der Waals surface area contributed by atoms with Crippen molar-refractivity contribution >= 4 is 28.0 Å². The number of carbonyl (C=O) groups is 2. The van der Waals surface area contributed by atoms with Gasteiger partial charge in [-0.25, -0.2) is 14.0 Å². The van der Waals surface area contributed by atoms with Crippen molar-refractivity contribution in [1.82, 2.24) is 5.32 Å². The Morgan fingerprint density at radius 2 is 2.25 bits per heavy atom. The molecule has 1 aromatic rings. The number of benzene rings is 1. The predicted molar refractivity (Wildman–Crippen MR) is 73.8 cm³/mol. The van der Waals surface area contributed by atoms with E-state index in [4.69, 9.17) is 0 Å². The second kappa shape index (κ2) is 6.51. The molecule has 1 amide bonds. The molecule has 0 radical (unpaired) electrons. The third-order valence-electron chi connectivity index (χ3n) is 2.58. The van der Waals surface area contributed by atoms with E-state index in [0.717, 1.165) is 6.07 Å². The van der Waals surface area contributed by atoms with Gasteiger partial charge in [-0.1, -0.05) is 28.6 Å². The van der Waals surface area contributed by atoms with Crippen molar-refractivity contribution in [2.24, 2.45) is 0 Å². The third kappa shape index (κ3) is 3.57. The molecule has 0 fully saturated rings. The number of rotatable bonds is 5. The zero-order valence-corrected chi connectivity index (χ0v) is 12.2. The quantitative estimate of drug-likeness (QED) is 0.804. The highest BCUT2D eigenvalue weighted by Gasteiger charge is 2.39. The first-order valence-corrected chi connectivity index (χ1v) is 6.35. The Balaban J connectivity index is 3.14. The Labute approximate surface area is 123 Å². The van der Waals surface area contributed by atoms with Gasteiger partial charge in [-0.05, 0) is 25.1 Å². The molecule has 0 heterocycles. The van der Waals surface area contributed by atoms with Gasteiger partial charge < -0.3 is 15.2 Å². The number of aliphatic carboxylic acids is 1. The number of alkyl carbamates (subject to hydrolysis) is 1. The van der Waals surface area contributed by atoms with Crippen molar-refractivity contribution in [2.45, 2.75) is 12.5 Å². The number of ether oxygens (including phenoxy) is 1. The SMILES string of the molecule is C=CCOC(=O)NC(C)(C(=O)O)c1cc(Br)ccc1F. The van der Waals surface area contributed by atoms with Gasteiger partial charge in [0.15, 0.2) is 5.54 Å². The van der Waals surface area contributed by atoms with E-state index in [1.54, 1.807) is 0 Å². The minimum Gasteiger partial charge on any atom is -0.479 e. The number of hydrogen-bond acceptors (Lipinski definition) is 3. The molecule has 1 unspecified atom stereocenters. The molecular weight excluding hydrogens is 333 g/mol. The van der Waals surface area contributed by atoms with Crippen LogP contribution < -0.4 is 5.32 Å². The Kier molecular flexibility index (Phi) is 5.26. The monoisotopic (exact) mass is 345 g/mol. The molecule has 0 aliphatic heterocycles. The Morgan fingerprint density at radius 1 is 1.60 bits per heavy atom. The number of carbonyl (C=O) groups excluding carboxylic acids is 1. The third-order valence-corrected chi connectivity index (χ3v) is 3.07. The van der Waals surface area contributed by atoms with Crippen LogP contribution in [0.25, 0.3) is 0 Å². The molecular formula is C13H13BrFNO4. The standard InChI is InChI=1S/C13H13BrFNO4/c1-3-6-20-12(19)16-13(2,11(17)18)9-7-8(14)4-5-10(9)15/h3-5,7H,1,6H2,2H3,(H,16,19)(H,17,18). The summed E-state index contributed by atoms with van der Waals surface area (Å²) in [6.45, 7) is 4.46. The first kappa shape index (κ1) is 16.2. The minimum absolute atomic E-state index is 0.0809. The van der Waals surface area contributed by atoms with Crippen molar-refractivity contribution in [3.63, 3.8) is 0 Å². The van der Waals surface area contributed by atoms with Gasteiger partial charge in [0.2, 0.25) is 0 Å². The van der Waals surface area contributed by atoms with Gasteiger partial charge >= 0.3 is 12.1 Å². The Hall–Kier alpha value is -1.89. The van der Waals surface area contributed by atoms with Crippen molar-refractivity contribution in [1.29, 1.82) is 0 Å². The van der Waals surface area contributed by atoms with E-state index >= 15 is 0 Å². The lowest BCUT2D eigenvalue weighted by Crippen LogP contribution is -2.50. The number of nitrogens with one attached hydrogen (secondary N) is 1. The van der Waals surface area contributed by atoms with Gasteiger partial charge in [-0.2, -0.15) is 0 Å². The highest BCUT2D eigenvalue weighted by molar-refractivity contribution is 9.10. The maximum atomic E-state index is 13.8. The number of halogens is 2. The van der Waals surface area contributed by atoms with E-state index in [1.807, 2.05) is 0 Å². The summed E-state index contributed by atoms with van der Waals surface area (Å²) in [7, 11) is 0. The van der Waals surface area contributed by atoms with E-state index in [9.17, 15) is 19.1 Å². The molecule has 2 N–H and O–H groups in total. The Bertz CT molecular complexity index is 549. The summed E-state index contributed by atoms with van der Waals surface area (Å²) in [5.74, 6) is -2.16. The molecule has 1 atom stereocenters. The van der Waals surface area contributed by atoms with Crippen LogP contribution in [0.2, 0.25) is 0 Å². The van der Waals surface area contributed by atoms with Crippen LogP contribution in [-0.4, -0.2) is 23.8 Å². The van der Waals surface area contributed by atoms with E-state index in [-0.39, 0.29) is 12.2 Å². The first-order valence-electron chi connectivity index (χ1n) is 5.56. The average molecular weight is 346 g/mol. The first-order chi connectivity index (χ1) is 9.31. The van der Waals surface area contributed by atoms with Crippen LogP contribution in [0.4, 0.5) is 9.18 Å². The average Bonchev–Trinajstić information content (AvgIpc) is 2.38. The summed E-state index contributed by atoms with van der Waals surface area (Å²) in [6, 6.07) is 3.83. The summed E-state index contributed by atoms with van der Waals surface area (Å²) in [4.78, 5) is 22.9. The van der Waals surface area contributed by atoms with Crippen LogP contribution in [0.3, 0.4) is 0 Å². The van der Waals surface area contributed by atoms with Crippen LogP contribution in [-0.2, 0) is 15.1 Å². The molecule has 5 nitrogen and oxygen atoms in total. The zero-order chi connectivity index (χ0) is 15.3. The summed E-state index contributed by atoms with van der Waals surface area (Å²) in [5.41, 5.74) is -2.14. The Morgan fingerprint density at radius 3 is 2.80 bits per heavy atom. The van der Waals surface area contributed by atoms with E-state index < -0.39 is 23.4 Å². The largest absolute Gasteiger partial charge is 0.479 e. The van der Waals surface area contributed by atoms with E-state index in [2.05, 4.69) is 32.6 Å². The molecule has 0 bridgehead atoms. The summed E-state index contributed by atoms with van der Waals surface area (Å²) < 4.78 is 19.0. The molecule has 1 aromatic carbocycles. The lowest BCUT2D eigenvalue weighted by molar-refractivity contribution is -0.144. The lowest BCUT2D eigenvalue weighted by atomic mass is 9.92. The fourth-order valence-electron chi connectivity index (χ4n) is 1.49. The maximum Gasteiger partial charge on any atom is 0.408 e. The van der Waals surface area contributed by atoms with Crippen molar-refractivity contribution in [3.8, 4) is 0 Å². The molecule has 0 saturated carbocycles. The molecule has 0 aromatic heterocycles. The number of amides is 1. The number of carboxylic acid groups (broad SMARTS) is 1. The molecule has 0 aliphatic carbocycles. The van der Waals surface area contributed by atoms with Crippen molar-refractivity contribution < 1.29 is 23.8 Å². The second-order valence-corrected chi connectivity index (χ2v) is 4.98. The van der Waals surface area contributed by atoms with Gasteiger partial charge in [0, 0.05) is 10.0 Å². The molecule has 0 spiro atoms. The van der Waals surface area contributed by atoms with Gasteiger partial charge in [0.1, 0.15) is 12.4 Å². The number of hydrogen-bond donors (Lipinski definition) is 2. The normalized spacial score (nSPS) is 13.2. The fourth-order valence-corrected chi connectivity index (χ4v) is 1.85. The predicted octanol–water partition coefficient (Wildman–Crippen LogP) is 2.80. The highest BCUT2D eigenvalue weighted by Crippen LogP contribution is 2.27. The van der Waals surface area contributed by atoms with Gasteiger partial charge in [-0.3, -0.25) is 0 Å². The fraction of sp³-hybridized carbons (Fsp3) is 0.231. The van der Waals surface area contributed by atoms with Crippen LogP contribution in [0.5, 0.6) is 0 Å². The summed E-state index contributed by atoms with van der Waals surface area (Å²) in [6.07, 6.45) is 0.353. The maximum absolute atomic E-state index is 13.8. The molecule has 20 heavy (non-hydrogen) atoms. The zero-order valence-electron chi connectivity index (χ0n) is 10.7. The van der Waals surface area contributed by atoms with Gasteiger partial charge in [-0.15, -0.1) is 0 Å². The van der Waals surface area contributed by atoms with Crippen LogP contribution >= 0.6 is 15.9 Å². The second-order valence-electron chi connectivity index (χ2n) is 4.07. The van der Waals surface area contributed by atoms with Gasteiger partial charge in [0.25, 0.3) is 0 Å². The van der Waals surface area contributed by atoms with Crippen LogP contribution in [0.1, 0.15) is 12.5 Å². The molecule has 0 aliphatic rings. The van der Waals surface area contributed by atoms with E-state index in [1.165, 1.54) is 25.1 Å². The van der Waals surface area contributed by atoms with Crippen molar-refractivity contribution in [3.05, 3.63) is 46.7 Å². The number of carboxylic acids is 1. The highest BCUT2D eigenvalue weighted by atomic mass is 79.9. The van der Waals surface area contributed by atoms with Crippen LogP contribution in [0, 0.1) is 5.82 Å². The van der Waals surface area contributed by atoms with Crippen molar-refractivity contribution in [2.75, 3.05) is 6.61 Å². The van der Waals surface area contributed by atoms with Gasteiger partial charge in [0.05, 0.1) is 0 Å².